The Morgan fingerprint density at radius 1 is 1.20 bits per heavy atom. The Morgan fingerprint density at radius 2 is 1.93 bits per heavy atom. The molecule has 1 aromatic rings. The van der Waals surface area contributed by atoms with Crippen LogP contribution in [0.25, 0.3) is 0 Å². The van der Waals surface area contributed by atoms with Gasteiger partial charge in [0.1, 0.15) is 0 Å². The van der Waals surface area contributed by atoms with Crippen LogP contribution in [0.1, 0.15) is 25.7 Å². The van der Waals surface area contributed by atoms with E-state index in [1.165, 1.54) is 19.3 Å². The Bertz CT molecular complexity index is 327. The first kappa shape index (κ1) is 11.0. The van der Waals surface area contributed by atoms with Crippen molar-refractivity contribution in [2.45, 2.75) is 37.8 Å². The lowest BCUT2D eigenvalue weighted by molar-refractivity contribution is 0.404. The molecule has 2 nitrogen and oxygen atoms in total. The highest BCUT2D eigenvalue weighted by Crippen LogP contribution is 2.26. The van der Waals surface area contributed by atoms with E-state index in [2.05, 4.69) is 33.4 Å². The van der Waals surface area contributed by atoms with Crippen LogP contribution in [-0.2, 0) is 0 Å². The van der Waals surface area contributed by atoms with E-state index in [0.717, 1.165) is 16.6 Å². The van der Waals surface area contributed by atoms with Crippen molar-refractivity contribution in [1.82, 2.24) is 0 Å². The number of hydrogen-bond acceptors (Lipinski definition) is 2. The molecule has 0 radical (unpaired) electrons. The molecule has 0 aliphatic heterocycles. The van der Waals surface area contributed by atoms with Gasteiger partial charge in [-0.15, -0.1) is 0 Å². The summed E-state index contributed by atoms with van der Waals surface area (Å²) in [6.07, 6.45) is 4.88. The smallest absolute Gasteiger partial charge is 0.0487 e. The lowest BCUT2D eigenvalue weighted by Gasteiger charge is -2.30. The summed E-state index contributed by atoms with van der Waals surface area (Å²) in [5, 5.41) is 3.53. The van der Waals surface area contributed by atoms with E-state index in [0.29, 0.717) is 12.1 Å². The van der Waals surface area contributed by atoms with Crippen LogP contribution in [0.2, 0.25) is 0 Å². The minimum absolute atomic E-state index is 0.297. The molecule has 0 unspecified atom stereocenters. The third-order valence-electron chi connectivity index (χ3n) is 3.03. The van der Waals surface area contributed by atoms with Crippen molar-refractivity contribution in [2.24, 2.45) is 5.73 Å². The van der Waals surface area contributed by atoms with E-state index in [-0.39, 0.29) is 0 Å². The zero-order valence-corrected chi connectivity index (χ0v) is 10.3. The molecule has 2 rings (SSSR count). The molecule has 0 aromatic heterocycles. The Kier molecular flexibility index (Phi) is 3.65. The fourth-order valence-electron chi connectivity index (χ4n) is 2.12. The van der Waals surface area contributed by atoms with Crippen LogP contribution in [-0.4, -0.2) is 12.1 Å². The molecule has 1 aliphatic carbocycles. The Hall–Kier alpha value is -0.540. The Labute approximate surface area is 99.4 Å². The predicted octanol–water partition coefficient (Wildman–Crippen LogP) is 3.13. The van der Waals surface area contributed by atoms with Gasteiger partial charge in [0.15, 0.2) is 0 Å². The lowest BCUT2D eigenvalue weighted by Crippen LogP contribution is -2.42. The van der Waals surface area contributed by atoms with Crippen LogP contribution in [0.4, 0.5) is 5.69 Å². The molecule has 0 bridgehead atoms. The largest absolute Gasteiger partial charge is 0.380 e. The van der Waals surface area contributed by atoms with E-state index < -0.39 is 0 Å². The van der Waals surface area contributed by atoms with Crippen molar-refractivity contribution < 1.29 is 0 Å². The molecule has 1 aromatic carbocycles. The van der Waals surface area contributed by atoms with Crippen LogP contribution in [0.3, 0.4) is 0 Å². The molecule has 1 aliphatic rings. The lowest BCUT2D eigenvalue weighted by atomic mass is 9.91. The summed E-state index contributed by atoms with van der Waals surface area (Å²) in [6, 6.07) is 8.93. The predicted molar refractivity (Wildman–Crippen MR) is 68.0 cm³/mol. The molecule has 0 heterocycles. The van der Waals surface area contributed by atoms with Gasteiger partial charge in [0.05, 0.1) is 0 Å². The number of para-hydroxylation sites is 1. The van der Waals surface area contributed by atoms with Crippen LogP contribution in [0, 0.1) is 0 Å². The number of rotatable bonds is 2. The van der Waals surface area contributed by atoms with Gasteiger partial charge in [-0.25, -0.2) is 0 Å². The molecule has 0 saturated heterocycles. The fourth-order valence-corrected chi connectivity index (χ4v) is 2.52. The fraction of sp³-hybridized carbons (Fsp3) is 0.500. The van der Waals surface area contributed by atoms with E-state index >= 15 is 0 Å². The van der Waals surface area contributed by atoms with Gasteiger partial charge in [0.2, 0.25) is 0 Å². The molecular weight excluding hydrogens is 252 g/mol. The number of nitrogens with two attached hydrogens (primary N) is 1. The quantitative estimate of drug-likeness (QED) is 0.865. The molecule has 3 N–H and O–H groups in total. The molecule has 3 heteroatoms. The van der Waals surface area contributed by atoms with E-state index in [4.69, 9.17) is 5.73 Å². The Balaban J connectivity index is 2.04. The van der Waals surface area contributed by atoms with Gasteiger partial charge in [-0.2, -0.15) is 0 Å². The summed E-state index contributed by atoms with van der Waals surface area (Å²) in [4.78, 5) is 0. The number of nitrogens with one attached hydrogen (secondary N) is 1. The first-order valence-electron chi connectivity index (χ1n) is 5.54. The standard InChI is InChI=1S/C12H17BrN2/c13-9-5-1-3-7-11(9)15-12-8-4-2-6-10(12)14/h1,3,5,7,10,12,15H,2,4,6,8,14H2/t10-,12+/m0/s1. The van der Waals surface area contributed by atoms with E-state index in [9.17, 15) is 0 Å². The van der Waals surface area contributed by atoms with E-state index in [1.54, 1.807) is 0 Å². The topological polar surface area (TPSA) is 38.0 Å². The van der Waals surface area contributed by atoms with Crippen molar-refractivity contribution >= 4 is 21.6 Å². The number of anilines is 1. The zero-order valence-electron chi connectivity index (χ0n) is 8.75. The van der Waals surface area contributed by atoms with Crippen molar-refractivity contribution in [2.75, 3.05) is 5.32 Å². The van der Waals surface area contributed by atoms with Crippen molar-refractivity contribution in [1.29, 1.82) is 0 Å². The van der Waals surface area contributed by atoms with Crippen molar-refractivity contribution in [3.8, 4) is 0 Å². The van der Waals surface area contributed by atoms with Crippen LogP contribution >= 0.6 is 15.9 Å². The Morgan fingerprint density at radius 3 is 2.67 bits per heavy atom. The number of hydrogen-bond donors (Lipinski definition) is 2. The zero-order chi connectivity index (χ0) is 10.7. The minimum atomic E-state index is 0.297. The molecule has 0 spiro atoms. The number of benzene rings is 1. The summed E-state index contributed by atoms with van der Waals surface area (Å²) in [5.74, 6) is 0. The van der Waals surface area contributed by atoms with Crippen LogP contribution in [0.15, 0.2) is 28.7 Å². The SMILES string of the molecule is N[C@H]1CCCC[C@H]1Nc1ccccc1Br. The molecular formula is C12H17BrN2. The molecule has 1 saturated carbocycles. The second-order valence-corrected chi connectivity index (χ2v) is 5.03. The summed E-state index contributed by atoms with van der Waals surface area (Å²) in [7, 11) is 0. The first-order valence-corrected chi connectivity index (χ1v) is 6.33. The highest BCUT2D eigenvalue weighted by Gasteiger charge is 2.21. The highest BCUT2D eigenvalue weighted by atomic mass is 79.9. The van der Waals surface area contributed by atoms with Gasteiger partial charge in [-0.3, -0.25) is 0 Å². The van der Waals surface area contributed by atoms with Gasteiger partial charge < -0.3 is 11.1 Å². The van der Waals surface area contributed by atoms with Gasteiger partial charge >= 0.3 is 0 Å². The molecule has 0 amide bonds. The van der Waals surface area contributed by atoms with E-state index in [1.807, 2.05) is 12.1 Å². The summed E-state index contributed by atoms with van der Waals surface area (Å²) >= 11 is 3.54. The molecule has 2 atom stereocenters. The maximum Gasteiger partial charge on any atom is 0.0487 e. The van der Waals surface area contributed by atoms with Crippen LogP contribution < -0.4 is 11.1 Å². The summed E-state index contributed by atoms with van der Waals surface area (Å²) in [6.45, 7) is 0. The monoisotopic (exact) mass is 268 g/mol. The minimum Gasteiger partial charge on any atom is -0.380 e. The average Bonchev–Trinajstić information content (AvgIpc) is 2.24. The molecule has 82 valence electrons. The van der Waals surface area contributed by atoms with Crippen LogP contribution in [0.5, 0.6) is 0 Å². The first-order chi connectivity index (χ1) is 7.27. The third kappa shape index (κ3) is 2.73. The van der Waals surface area contributed by atoms with Gasteiger partial charge in [-0.05, 0) is 40.9 Å². The highest BCUT2D eigenvalue weighted by molar-refractivity contribution is 9.10. The summed E-state index contributed by atoms with van der Waals surface area (Å²) in [5.41, 5.74) is 7.25. The average molecular weight is 269 g/mol. The van der Waals surface area contributed by atoms with Gasteiger partial charge in [-0.1, -0.05) is 25.0 Å². The van der Waals surface area contributed by atoms with Gasteiger partial charge in [0, 0.05) is 22.2 Å². The number of halogens is 1. The third-order valence-corrected chi connectivity index (χ3v) is 3.73. The maximum atomic E-state index is 6.10. The van der Waals surface area contributed by atoms with Crippen molar-refractivity contribution in [3.63, 3.8) is 0 Å². The second-order valence-electron chi connectivity index (χ2n) is 4.18. The maximum absolute atomic E-state index is 6.10. The normalized spacial score (nSPS) is 26.3. The van der Waals surface area contributed by atoms with Gasteiger partial charge in [0.25, 0.3) is 0 Å². The van der Waals surface area contributed by atoms with Crippen molar-refractivity contribution in [3.05, 3.63) is 28.7 Å². The molecule has 1 fully saturated rings. The summed E-state index contributed by atoms with van der Waals surface area (Å²) < 4.78 is 1.11. The second kappa shape index (κ2) is 4.99. The molecule has 15 heavy (non-hydrogen) atoms.